The Balaban J connectivity index is 2.45. The van der Waals surface area contributed by atoms with Crippen LogP contribution >= 0.6 is 55.1 Å². The third-order valence-corrected chi connectivity index (χ3v) is 6.43. The van der Waals surface area contributed by atoms with Crippen LogP contribution < -0.4 is 0 Å². The monoisotopic (exact) mass is 448 g/mol. The van der Waals surface area contributed by atoms with E-state index in [0.717, 1.165) is 32.7 Å². The van der Waals surface area contributed by atoms with E-state index in [2.05, 4.69) is 63.0 Å². The molecule has 2 aromatic carbocycles. The highest BCUT2D eigenvalue weighted by Gasteiger charge is 2.31. The fourth-order valence-corrected chi connectivity index (χ4v) is 4.76. The summed E-state index contributed by atoms with van der Waals surface area (Å²) in [6, 6.07) is 14.3. The van der Waals surface area contributed by atoms with Crippen molar-refractivity contribution in [1.82, 2.24) is 0 Å². The molecule has 0 aliphatic rings. The van der Waals surface area contributed by atoms with Gasteiger partial charge in [0.25, 0.3) is 0 Å². The molecule has 0 atom stereocenters. The van der Waals surface area contributed by atoms with E-state index in [9.17, 15) is 0 Å². The SMILES string of the molecule is Cc1cccc(C(CBr)(CBr)Cc2cc(Cl)ccc2Cl)c1. The van der Waals surface area contributed by atoms with Crippen molar-refractivity contribution < 1.29 is 0 Å². The van der Waals surface area contributed by atoms with E-state index in [4.69, 9.17) is 23.2 Å². The highest BCUT2D eigenvalue weighted by Crippen LogP contribution is 2.35. The maximum Gasteiger partial charge on any atom is 0.0439 e. The summed E-state index contributed by atoms with van der Waals surface area (Å²) in [5.41, 5.74) is 3.58. The number of aryl methyl sites for hydroxylation is 1. The number of benzene rings is 2. The summed E-state index contributed by atoms with van der Waals surface area (Å²) in [4.78, 5) is 0. The molecule has 4 heteroatoms. The van der Waals surface area contributed by atoms with E-state index < -0.39 is 0 Å². The Morgan fingerprint density at radius 1 is 1.00 bits per heavy atom. The number of halogens is 4. The number of hydrogen-bond acceptors (Lipinski definition) is 0. The zero-order valence-corrected chi connectivity index (χ0v) is 16.4. The van der Waals surface area contributed by atoms with Crippen LogP contribution in [0.15, 0.2) is 42.5 Å². The van der Waals surface area contributed by atoms with Gasteiger partial charge in [0, 0.05) is 26.1 Å². The van der Waals surface area contributed by atoms with Gasteiger partial charge in [-0.1, -0.05) is 84.9 Å². The van der Waals surface area contributed by atoms with Crippen LogP contribution in [0.3, 0.4) is 0 Å². The van der Waals surface area contributed by atoms with E-state index in [-0.39, 0.29) is 5.41 Å². The van der Waals surface area contributed by atoms with E-state index in [1.54, 1.807) is 0 Å². The molecule has 0 aliphatic heterocycles. The van der Waals surface area contributed by atoms with Crippen molar-refractivity contribution in [2.45, 2.75) is 18.8 Å². The maximum absolute atomic E-state index is 6.35. The Hall–Kier alpha value is -0.0200. The van der Waals surface area contributed by atoms with Gasteiger partial charge in [0.15, 0.2) is 0 Å². The molecule has 0 nitrogen and oxygen atoms in total. The normalized spacial score (nSPS) is 11.7. The van der Waals surface area contributed by atoms with E-state index in [1.165, 1.54) is 11.1 Å². The van der Waals surface area contributed by atoms with Gasteiger partial charge in [-0.15, -0.1) is 0 Å². The largest absolute Gasteiger partial charge is 0.0918 e. The number of rotatable bonds is 5. The zero-order valence-electron chi connectivity index (χ0n) is 11.7. The summed E-state index contributed by atoms with van der Waals surface area (Å²) < 4.78 is 0. The summed E-state index contributed by atoms with van der Waals surface area (Å²) in [7, 11) is 0. The van der Waals surface area contributed by atoms with Gasteiger partial charge in [0.1, 0.15) is 0 Å². The standard InChI is InChI=1S/C17H16Br2Cl2/c1-12-3-2-4-14(7-12)17(10-18,11-19)9-13-8-15(20)5-6-16(13)21/h2-8H,9-11H2,1H3. The molecule has 0 aromatic heterocycles. The van der Waals surface area contributed by atoms with Crippen LogP contribution in [0.4, 0.5) is 0 Å². The maximum atomic E-state index is 6.35. The van der Waals surface area contributed by atoms with Crippen molar-refractivity contribution in [2.75, 3.05) is 10.7 Å². The van der Waals surface area contributed by atoms with Gasteiger partial charge in [-0.3, -0.25) is 0 Å². The van der Waals surface area contributed by atoms with Crippen molar-refractivity contribution in [1.29, 1.82) is 0 Å². The lowest BCUT2D eigenvalue weighted by Crippen LogP contribution is -2.33. The average Bonchev–Trinajstić information content (AvgIpc) is 2.48. The van der Waals surface area contributed by atoms with Crippen LogP contribution in [0.5, 0.6) is 0 Å². The first-order valence-electron chi connectivity index (χ1n) is 6.64. The topological polar surface area (TPSA) is 0 Å². The summed E-state index contributed by atoms with van der Waals surface area (Å²) in [5, 5.41) is 3.17. The Labute approximate surface area is 153 Å². The second-order valence-corrected chi connectivity index (χ2v) is 7.29. The number of hydrogen-bond donors (Lipinski definition) is 0. The molecule has 0 amide bonds. The Bertz CT molecular complexity index is 622. The van der Waals surface area contributed by atoms with Gasteiger partial charge in [-0.25, -0.2) is 0 Å². The lowest BCUT2D eigenvalue weighted by molar-refractivity contribution is 0.551. The lowest BCUT2D eigenvalue weighted by Gasteiger charge is -2.31. The molecule has 21 heavy (non-hydrogen) atoms. The van der Waals surface area contributed by atoms with Gasteiger partial charge in [-0.2, -0.15) is 0 Å². The summed E-state index contributed by atoms with van der Waals surface area (Å²) in [5.74, 6) is 0. The molecule has 0 saturated carbocycles. The molecule has 0 N–H and O–H groups in total. The molecule has 0 aliphatic carbocycles. The van der Waals surface area contributed by atoms with Crippen LogP contribution in [-0.2, 0) is 11.8 Å². The molecule has 2 rings (SSSR count). The van der Waals surface area contributed by atoms with Crippen molar-refractivity contribution in [3.05, 3.63) is 69.2 Å². The Morgan fingerprint density at radius 2 is 1.71 bits per heavy atom. The minimum absolute atomic E-state index is 0.0552. The van der Waals surface area contributed by atoms with Crippen LogP contribution in [-0.4, -0.2) is 10.7 Å². The zero-order chi connectivity index (χ0) is 15.5. The minimum atomic E-state index is -0.0552. The molecule has 112 valence electrons. The third-order valence-electron chi connectivity index (χ3n) is 3.68. The average molecular weight is 451 g/mol. The van der Waals surface area contributed by atoms with Crippen LogP contribution in [0.1, 0.15) is 16.7 Å². The molecular weight excluding hydrogens is 435 g/mol. The van der Waals surface area contributed by atoms with Crippen molar-refractivity contribution in [3.8, 4) is 0 Å². The van der Waals surface area contributed by atoms with E-state index >= 15 is 0 Å². The van der Waals surface area contributed by atoms with Crippen LogP contribution in [0, 0.1) is 6.92 Å². The fraction of sp³-hybridized carbons (Fsp3) is 0.294. The second-order valence-electron chi connectivity index (χ2n) is 5.33. The van der Waals surface area contributed by atoms with Crippen molar-refractivity contribution in [3.63, 3.8) is 0 Å². The molecule has 0 radical (unpaired) electrons. The van der Waals surface area contributed by atoms with Gasteiger partial charge in [0.05, 0.1) is 0 Å². The quantitative estimate of drug-likeness (QED) is 0.452. The molecular formula is C17H16Br2Cl2. The predicted molar refractivity (Wildman–Crippen MR) is 101 cm³/mol. The highest BCUT2D eigenvalue weighted by atomic mass is 79.9. The fourth-order valence-electron chi connectivity index (χ4n) is 2.40. The van der Waals surface area contributed by atoms with Crippen LogP contribution in [0.25, 0.3) is 0 Å². The molecule has 2 aromatic rings. The summed E-state index contributed by atoms with van der Waals surface area (Å²) in [6.45, 7) is 2.11. The number of alkyl halides is 2. The lowest BCUT2D eigenvalue weighted by atomic mass is 9.78. The second kappa shape index (κ2) is 7.50. The first-order chi connectivity index (χ1) is 10.0. The minimum Gasteiger partial charge on any atom is -0.0918 e. The molecule has 0 bridgehead atoms. The van der Waals surface area contributed by atoms with Gasteiger partial charge in [0.2, 0.25) is 0 Å². The Morgan fingerprint density at radius 3 is 2.33 bits per heavy atom. The van der Waals surface area contributed by atoms with Gasteiger partial charge < -0.3 is 0 Å². The highest BCUT2D eigenvalue weighted by molar-refractivity contribution is 9.09. The molecule has 0 fully saturated rings. The van der Waals surface area contributed by atoms with Crippen molar-refractivity contribution >= 4 is 55.1 Å². The Kier molecular flexibility index (Phi) is 6.19. The molecule has 0 saturated heterocycles. The van der Waals surface area contributed by atoms with Crippen LogP contribution in [0.2, 0.25) is 10.0 Å². The first-order valence-corrected chi connectivity index (χ1v) is 9.63. The predicted octanol–water partition coefficient (Wildman–Crippen LogP) is 6.57. The summed E-state index contributed by atoms with van der Waals surface area (Å²) in [6.07, 6.45) is 0.826. The first kappa shape index (κ1) is 17.3. The molecule has 0 spiro atoms. The van der Waals surface area contributed by atoms with Gasteiger partial charge >= 0.3 is 0 Å². The summed E-state index contributed by atoms with van der Waals surface area (Å²) >= 11 is 19.8. The van der Waals surface area contributed by atoms with Crippen molar-refractivity contribution in [2.24, 2.45) is 0 Å². The molecule has 0 unspecified atom stereocenters. The smallest absolute Gasteiger partial charge is 0.0439 e. The van der Waals surface area contributed by atoms with E-state index in [0.29, 0.717) is 0 Å². The molecule has 0 heterocycles. The van der Waals surface area contributed by atoms with E-state index in [1.807, 2.05) is 18.2 Å². The third kappa shape index (κ3) is 4.04. The van der Waals surface area contributed by atoms with Gasteiger partial charge in [-0.05, 0) is 42.7 Å².